The molecule has 2 N–H and O–H groups in total. The van der Waals surface area contributed by atoms with Crippen LogP contribution in [0.3, 0.4) is 0 Å². The van der Waals surface area contributed by atoms with E-state index in [1.165, 1.54) is 30.6 Å². The van der Waals surface area contributed by atoms with Crippen LogP contribution >= 0.6 is 0 Å². The van der Waals surface area contributed by atoms with Crippen molar-refractivity contribution in [1.29, 1.82) is 0 Å². The number of alkyl carbamates (subject to hydrolysis) is 1. The molecule has 10 nitrogen and oxygen atoms in total. The number of carbonyl (C=O) groups is 2. The Kier molecular flexibility index (Phi) is 6.58. The first-order chi connectivity index (χ1) is 20.2. The van der Waals surface area contributed by atoms with Crippen LogP contribution < -0.4 is 15.4 Å². The molecule has 2 aliphatic heterocycles. The quantitative estimate of drug-likeness (QED) is 0.301. The molecule has 4 heterocycles. The van der Waals surface area contributed by atoms with Gasteiger partial charge in [-0.05, 0) is 59.2 Å². The minimum atomic E-state index is -3.08. The summed E-state index contributed by atoms with van der Waals surface area (Å²) >= 11 is 0. The summed E-state index contributed by atoms with van der Waals surface area (Å²) in [7, 11) is 0. The van der Waals surface area contributed by atoms with Crippen LogP contribution in [0.5, 0.6) is 5.75 Å². The van der Waals surface area contributed by atoms with E-state index in [0.717, 1.165) is 0 Å². The molecule has 2 aromatic carbocycles. The third-order valence-electron chi connectivity index (χ3n) is 7.39. The lowest BCUT2D eigenvalue weighted by Gasteiger charge is -2.27. The van der Waals surface area contributed by atoms with Gasteiger partial charge in [0, 0.05) is 40.7 Å². The van der Waals surface area contributed by atoms with Gasteiger partial charge in [-0.25, -0.2) is 24.1 Å². The van der Waals surface area contributed by atoms with Crippen molar-refractivity contribution in [3.63, 3.8) is 0 Å². The molecule has 0 unspecified atom stereocenters. The number of alkyl halides is 2. The van der Waals surface area contributed by atoms with E-state index in [2.05, 4.69) is 25.6 Å². The normalized spacial score (nSPS) is 17.7. The first-order valence-electron chi connectivity index (χ1n) is 13.7. The van der Waals surface area contributed by atoms with Gasteiger partial charge >= 0.3 is 12.7 Å². The Hall–Kier alpha value is -4.68. The lowest BCUT2D eigenvalue weighted by Crippen LogP contribution is -2.44. The molecule has 43 heavy (non-hydrogen) atoms. The van der Waals surface area contributed by atoms with Crippen LogP contribution in [0, 0.1) is 5.82 Å². The van der Waals surface area contributed by atoms with Gasteiger partial charge in [-0.2, -0.15) is 8.78 Å². The van der Waals surface area contributed by atoms with Crippen LogP contribution in [0.1, 0.15) is 80.7 Å². The van der Waals surface area contributed by atoms with Gasteiger partial charge in [0.15, 0.2) is 5.82 Å². The number of rotatable bonds is 5. The summed E-state index contributed by atoms with van der Waals surface area (Å²) in [5.41, 5.74) is 0.339. The highest BCUT2D eigenvalue weighted by Gasteiger charge is 2.42. The van der Waals surface area contributed by atoms with Crippen molar-refractivity contribution >= 4 is 23.0 Å². The number of halogens is 3. The van der Waals surface area contributed by atoms with Gasteiger partial charge in [0.1, 0.15) is 23.0 Å². The fourth-order valence-electron chi connectivity index (χ4n) is 5.66. The summed E-state index contributed by atoms with van der Waals surface area (Å²) in [6.07, 6.45) is 2.65. The lowest BCUT2D eigenvalue weighted by atomic mass is 9.97. The van der Waals surface area contributed by atoms with E-state index >= 15 is 4.39 Å². The Bertz CT molecular complexity index is 1760. The molecule has 0 spiro atoms. The number of fused-ring (bicyclic) bond motifs is 9. The van der Waals surface area contributed by atoms with E-state index in [0.29, 0.717) is 34.4 Å². The second-order valence-corrected chi connectivity index (χ2v) is 12.1. The monoisotopic (exact) mass is 594 g/mol. The highest BCUT2D eigenvalue weighted by Crippen LogP contribution is 2.48. The van der Waals surface area contributed by atoms with Gasteiger partial charge < -0.3 is 24.7 Å². The molecule has 2 aromatic heterocycles. The molecular formula is C30H29F3N6O4. The number of amides is 2. The number of carbonyl (C=O) groups excluding carboxylic acids is 2. The van der Waals surface area contributed by atoms with Gasteiger partial charge in [-0.15, -0.1) is 0 Å². The first kappa shape index (κ1) is 28.4. The number of hydrogen-bond acceptors (Lipinski definition) is 7. The average Bonchev–Trinajstić information content (AvgIpc) is 3.38. The highest BCUT2D eigenvalue weighted by atomic mass is 19.3. The second-order valence-electron chi connectivity index (χ2n) is 12.1. The number of aromatic nitrogens is 4. The third kappa shape index (κ3) is 5.12. The van der Waals surface area contributed by atoms with E-state index in [1.54, 1.807) is 46.8 Å². The maximum atomic E-state index is 15.5. The van der Waals surface area contributed by atoms with Crippen molar-refractivity contribution in [2.75, 3.05) is 0 Å². The number of benzene rings is 2. The lowest BCUT2D eigenvalue weighted by molar-refractivity contribution is -0.0507. The van der Waals surface area contributed by atoms with E-state index in [4.69, 9.17) is 9.47 Å². The summed E-state index contributed by atoms with van der Waals surface area (Å²) < 4.78 is 54.1. The number of nitrogens with one attached hydrogen (secondary N) is 2. The van der Waals surface area contributed by atoms with Crippen molar-refractivity contribution in [1.82, 2.24) is 30.2 Å². The topological polar surface area (TPSA) is 120 Å². The van der Waals surface area contributed by atoms with E-state index in [9.17, 15) is 18.4 Å². The molecule has 0 saturated carbocycles. The second kappa shape index (κ2) is 9.96. The third-order valence-corrected chi connectivity index (χ3v) is 7.39. The molecule has 2 amide bonds. The molecule has 2 atom stereocenters. The van der Waals surface area contributed by atoms with E-state index < -0.39 is 47.7 Å². The Labute approximate surface area is 244 Å². The fourth-order valence-corrected chi connectivity index (χ4v) is 5.66. The Morgan fingerprint density at radius 2 is 1.84 bits per heavy atom. The van der Waals surface area contributed by atoms with Crippen LogP contribution in [-0.4, -0.2) is 43.7 Å². The molecule has 6 rings (SSSR count). The van der Waals surface area contributed by atoms with Crippen molar-refractivity contribution in [2.45, 2.75) is 70.9 Å². The number of imidazole rings is 1. The summed E-state index contributed by atoms with van der Waals surface area (Å²) in [6.45, 7) is 5.62. The van der Waals surface area contributed by atoms with Crippen LogP contribution in [-0.2, 0) is 10.3 Å². The molecule has 224 valence electrons. The van der Waals surface area contributed by atoms with Crippen molar-refractivity contribution < 1.29 is 32.2 Å². The highest BCUT2D eigenvalue weighted by molar-refractivity contribution is 5.98. The maximum absolute atomic E-state index is 15.5. The predicted molar refractivity (Wildman–Crippen MR) is 149 cm³/mol. The van der Waals surface area contributed by atoms with Crippen LogP contribution in [0.15, 0.2) is 42.7 Å². The summed E-state index contributed by atoms with van der Waals surface area (Å²) in [4.78, 5) is 38.7. The van der Waals surface area contributed by atoms with Gasteiger partial charge in [0.25, 0.3) is 5.91 Å². The van der Waals surface area contributed by atoms with Crippen molar-refractivity contribution in [3.8, 4) is 16.9 Å². The van der Waals surface area contributed by atoms with Gasteiger partial charge in [-0.3, -0.25) is 4.79 Å². The zero-order chi connectivity index (χ0) is 30.8. The summed E-state index contributed by atoms with van der Waals surface area (Å²) in [5, 5.41) is 5.66. The zero-order valence-corrected chi connectivity index (χ0v) is 24.0. The molecule has 0 fully saturated rings. The molecule has 4 aromatic rings. The van der Waals surface area contributed by atoms with Gasteiger partial charge in [-0.1, -0.05) is 6.07 Å². The van der Waals surface area contributed by atoms with Gasteiger partial charge in [0.2, 0.25) is 0 Å². The Morgan fingerprint density at radius 3 is 2.51 bits per heavy atom. The standard InChI is InChI=1S/C30H29F3N6O4/c1-29(2,3)43-28(41)38-30(4,5)26-34-12-14(13-35-26)16-9-20-18(10-17(16)31)36-24-19-11-21(39(20)24)23-15(25(40)37-19)7-6-8-22(23)42-27(32)33/h6-10,12-13,19,21,27H,11H2,1-5H3,(H,37,40)(H,38,41)/t19-,21-/m0/s1. The largest absolute Gasteiger partial charge is 0.444 e. The summed E-state index contributed by atoms with van der Waals surface area (Å²) in [5.74, 6) is -0.312. The SMILES string of the molecule is CC(C)(C)OC(=O)NC(C)(C)c1ncc(-c2cc3c(cc2F)nc2n3[C@H]3C[C@@H]2NC(=O)c2cccc(OC(F)F)c23)cn1. The summed E-state index contributed by atoms with van der Waals surface area (Å²) in [6, 6.07) is 6.28. The zero-order valence-electron chi connectivity index (χ0n) is 24.0. The number of nitrogens with zero attached hydrogens (tertiary/aromatic N) is 4. The number of hydrogen-bond donors (Lipinski definition) is 2. The molecular weight excluding hydrogens is 565 g/mol. The van der Waals surface area contributed by atoms with Crippen molar-refractivity contribution in [3.05, 3.63) is 71.3 Å². The smallest absolute Gasteiger partial charge is 0.408 e. The minimum absolute atomic E-state index is 0.100. The maximum Gasteiger partial charge on any atom is 0.408 e. The van der Waals surface area contributed by atoms with Gasteiger partial charge in [0.05, 0.1) is 28.7 Å². The van der Waals surface area contributed by atoms with Crippen LogP contribution in [0.4, 0.5) is 18.0 Å². The molecule has 13 heteroatoms. The first-order valence-corrected chi connectivity index (χ1v) is 13.7. The molecule has 0 radical (unpaired) electrons. The predicted octanol–water partition coefficient (Wildman–Crippen LogP) is 5.77. The van der Waals surface area contributed by atoms with Crippen molar-refractivity contribution in [2.24, 2.45) is 0 Å². The molecule has 0 aliphatic carbocycles. The van der Waals surface area contributed by atoms with Crippen LogP contribution in [0.2, 0.25) is 0 Å². The Morgan fingerprint density at radius 1 is 1.12 bits per heavy atom. The molecule has 2 aliphatic rings. The Balaban J connectivity index is 1.38. The van der Waals surface area contributed by atoms with E-state index in [1.807, 2.05) is 4.57 Å². The molecule has 0 saturated heterocycles. The molecule has 2 bridgehead atoms. The number of ether oxygens (including phenoxy) is 2. The van der Waals surface area contributed by atoms with E-state index in [-0.39, 0.29) is 22.7 Å². The average molecular weight is 595 g/mol. The fraction of sp³-hybridized carbons (Fsp3) is 0.367. The minimum Gasteiger partial charge on any atom is -0.444 e. The van der Waals surface area contributed by atoms with Crippen LogP contribution in [0.25, 0.3) is 22.2 Å².